The fourth-order valence-electron chi connectivity index (χ4n) is 1.95. The lowest BCUT2D eigenvalue weighted by atomic mass is 10.1. The summed E-state index contributed by atoms with van der Waals surface area (Å²) in [7, 11) is 0. The van der Waals surface area contributed by atoms with Crippen molar-refractivity contribution in [2.45, 2.75) is 40.0 Å². The van der Waals surface area contributed by atoms with Crippen LogP contribution >= 0.6 is 0 Å². The average molecular weight is 202 g/mol. The van der Waals surface area contributed by atoms with Crippen LogP contribution in [0.4, 0.5) is 0 Å². The van der Waals surface area contributed by atoms with E-state index in [1.54, 1.807) is 0 Å². The minimum absolute atomic E-state index is 0.487. The van der Waals surface area contributed by atoms with Crippen LogP contribution in [-0.4, -0.2) is 9.38 Å². The Morgan fingerprint density at radius 2 is 2.13 bits per heavy atom. The highest BCUT2D eigenvalue weighted by atomic mass is 15.0. The molecule has 0 aliphatic heterocycles. The number of pyridine rings is 1. The maximum absolute atomic E-state index is 4.63. The Morgan fingerprint density at radius 3 is 2.73 bits per heavy atom. The number of imidazole rings is 1. The van der Waals surface area contributed by atoms with E-state index in [1.165, 1.54) is 16.8 Å². The summed E-state index contributed by atoms with van der Waals surface area (Å²) in [5.41, 5.74) is 3.86. The molecule has 0 N–H and O–H groups in total. The quantitative estimate of drug-likeness (QED) is 0.730. The third-order valence-electron chi connectivity index (χ3n) is 2.87. The van der Waals surface area contributed by atoms with Crippen LogP contribution in [0.15, 0.2) is 18.3 Å². The van der Waals surface area contributed by atoms with Crippen LogP contribution in [0.2, 0.25) is 0 Å². The van der Waals surface area contributed by atoms with Gasteiger partial charge in [-0.2, -0.15) is 0 Å². The van der Waals surface area contributed by atoms with Crippen LogP contribution in [-0.2, 0) is 6.42 Å². The normalized spacial score (nSPS) is 11.5. The molecule has 0 amide bonds. The molecule has 0 saturated carbocycles. The van der Waals surface area contributed by atoms with Crippen LogP contribution in [0.3, 0.4) is 0 Å². The summed E-state index contributed by atoms with van der Waals surface area (Å²) in [5, 5.41) is 0. The minimum atomic E-state index is 0.487. The van der Waals surface area contributed by atoms with E-state index in [9.17, 15) is 0 Å². The summed E-state index contributed by atoms with van der Waals surface area (Å²) in [5.74, 6) is 1.57. The van der Waals surface area contributed by atoms with Gasteiger partial charge < -0.3 is 4.40 Å². The van der Waals surface area contributed by atoms with Crippen molar-refractivity contribution in [2.24, 2.45) is 0 Å². The van der Waals surface area contributed by atoms with Gasteiger partial charge in [0.05, 0.1) is 11.2 Å². The van der Waals surface area contributed by atoms with Crippen LogP contribution < -0.4 is 0 Å². The first-order chi connectivity index (χ1) is 7.13. The molecule has 2 heterocycles. The third-order valence-corrected chi connectivity index (χ3v) is 2.87. The second-order valence-electron chi connectivity index (χ2n) is 4.34. The van der Waals surface area contributed by atoms with Crippen LogP contribution in [0, 0.1) is 6.92 Å². The Labute approximate surface area is 91.0 Å². The zero-order valence-corrected chi connectivity index (χ0v) is 9.91. The molecule has 0 spiro atoms. The molecular formula is C13H18N2. The largest absolute Gasteiger partial charge is 0.304 e. The van der Waals surface area contributed by atoms with Gasteiger partial charge in [-0.15, -0.1) is 0 Å². The average Bonchev–Trinajstić information content (AvgIpc) is 2.56. The van der Waals surface area contributed by atoms with Crippen molar-refractivity contribution in [3.8, 4) is 0 Å². The Balaban J connectivity index is 2.71. The highest BCUT2D eigenvalue weighted by molar-refractivity contribution is 5.56. The highest BCUT2D eigenvalue weighted by Crippen LogP contribution is 2.21. The molecule has 2 aromatic rings. The van der Waals surface area contributed by atoms with Gasteiger partial charge in [0.25, 0.3) is 0 Å². The molecule has 0 radical (unpaired) electrons. The number of rotatable bonds is 2. The van der Waals surface area contributed by atoms with E-state index < -0.39 is 0 Å². The molecule has 0 fully saturated rings. The molecule has 2 nitrogen and oxygen atoms in total. The Kier molecular flexibility index (Phi) is 2.51. The predicted octanol–water partition coefficient (Wildman–Crippen LogP) is 3.33. The van der Waals surface area contributed by atoms with Gasteiger partial charge in [0.2, 0.25) is 0 Å². The molecule has 0 aliphatic rings. The molecule has 80 valence electrons. The number of hydrogen-bond donors (Lipinski definition) is 0. The molecule has 0 saturated heterocycles. The summed E-state index contributed by atoms with van der Waals surface area (Å²) >= 11 is 0. The van der Waals surface area contributed by atoms with E-state index in [0.29, 0.717) is 5.92 Å². The van der Waals surface area contributed by atoms with Gasteiger partial charge in [-0.3, -0.25) is 0 Å². The van der Waals surface area contributed by atoms with E-state index in [0.717, 1.165) is 12.2 Å². The van der Waals surface area contributed by atoms with E-state index >= 15 is 0 Å². The molecule has 2 heteroatoms. The Hall–Kier alpha value is -1.31. The molecule has 2 aromatic heterocycles. The summed E-state index contributed by atoms with van der Waals surface area (Å²) in [4.78, 5) is 4.63. The first-order valence-electron chi connectivity index (χ1n) is 5.61. The van der Waals surface area contributed by atoms with Crippen molar-refractivity contribution in [2.75, 3.05) is 0 Å². The summed E-state index contributed by atoms with van der Waals surface area (Å²) in [6.07, 6.45) is 3.21. The monoisotopic (exact) mass is 202 g/mol. The van der Waals surface area contributed by atoms with Gasteiger partial charge in [-0.25, -0.2) is 4.98 Å². The molecule has 0 aromatic carbocycles. The van der Waals surface area contributed by atoms with Gasteiger partial charge in [0, 0.05) is 6.20 Å². The molecule has 0 bridgehead atoms. The standard InChI is InChI=1S/C13H18N2/c1-5-11-6-7-15-10(4)14-13(9(2)3)12(15)8-11/h6-9H,5H2,1-4H3. The van der Waals surface area contributed by atoms with E-state index in [-0.39, 0.29) is 0 Å². The van der Waals surface area contributed by atoms with E-state index in [4.69, 9.17) is 0 Å². The van der Waals surface area contributed by atoms with E-state index in [1.807, 2.05) is 0 Å². The zero-order valence-electron chi connectivity index (χ0n) is 9.91. The van der Waals surface area contributed by atoms with E-state index in [2.05, 4.69) is 55.4 Å². The van der Waals surface area contributed by atoms with Gasteiger partial charge in [-0.1, -0.05) is 20.8 Å². The number of aromatic nitrogens is 2. The van der Waals surface area contributed by atoms with Gasteiger partial charge >= 0.3 is 0 Å². The molecule has 0 aliphatic carbocycles. The molecule has 15 heavy (non-hydrogen) atoms. The molecule has 0 unspecified atom stereocenters. The van der Waals surface area contributed by atoms with Crippen LogP contribution in [0.25, 0.3) is 5.52 Å². The first-order valence-corrected chi connectivity index (χ1v) is 5.61. The lowest BCUT2D eigenvalue weighted by molar-refractivity contribution is 0.836. The van der Waals surface area contributed by atoms with Crippen molar-refractivity contribution in [3.05, 3.63) is 35.4 Å². The number of aryl methyl sites for hydroxylation is 2. The fraction of sp³-hybridized carbons (Fsp3) is 0.462. The van der Waals surface area contributed by atoms with Crippen LogP contribution in [0.1, 0.15) is 43.8 Å². The topological polar surface area (TPSA) is 17.3 Å². The summed E-state index contributed by atoms with van der Waals surface area (Å²) < 4.78 is 2.18. The van der Waals surface area contributed by atoms with Crippen molar-refractivity contribution in [1.29, 1.82) is 0 Å². The zero-order chi connectivity index (χ0) is 11.0. The van der Waals surface area contributed by atoms with Crippen molar-refractivity contribution < 1.29 is 0 Å². The van der Waals surface area contributed by atoms with Crippen molar-refractivity contribution >= 4 is 5.52 Å². The van der Waals surface area contributed by atoms with Gasteiger partial charge in [0.15, 0.2) is 0 Å². The second-order valence-corrected chi connectivity index (χ2v) is 4.34. The Morgan fingerprint density at radius 1 is 1.40 bits per heavy atom. The van der Waals surface area contributed by atoms with Crippen molar-refractivity contribution in [3.63, 3.8) is 0 Å². The van der Waals surface area contributed by atoms with Crippen molar-refractivity contribution in [1.82, 2.24) is 9.38 Å². The fourth-order valence-corrected chi connectivity index (χ4v) is 1.95. The third kappa shape index (κ3) is 1.65. The molecule has 2 rings (SSSR count). The number of fused-ring (bicyclic) bond motifs is 1. The smallest absolute Gasteiger partial charge is 0.110 e. The number of hydrogen-bond acceptors (Lipinski definition) is 1. The highest BCUT2D eigenvalue weighted by Gasteiger charge is 2.11. The lowest BCUT2D eigenvalue weighted by Gasteiger charge is -2.03. The first kappa shape index (κ1) is 10.2. The van der Waals surface area contributed by atoms with Gasteiger partial charge in [-0.05, 0) is 37.0 Å². The summed E-state index contributed by atoms with van der Waals surface area (Å²) in [6.45, 7) is 8.63. The minimum Gasteiger partial charge on any atom is -0.304 e. The lowest BCUT2D eigenvalue weighted by Crippen LogP contribution is -1.91. The predicted molar refractivity (Wildman–Crippen MR) is 63.4 cm³/mol. The summed E-state index contributed by atoms with van der Waals surface area (Å²) in [6, 6.07) is 4.43. The maximum Gasteiger partial charge on any atom is 0.110 e. The number of nitrogens with zero attached hydrogens (tertiary/aromatic N) is 2. The molecule has 0 atom stereocenters. The molecular weight excluding hydrogens is 184 g/mol. The SMILES string of the molecule is CCc1ccn2c(C)nc(C(C)C)c2c1. The van der Waals surface area contributed by atoms with Gasteiger partial charge in [0.1, 0.15) is 5.82 Å². The Bertz CT molecular complexity index is 480. The maximum atomic E-state index is 4.63. The second kappa shape index (κ2) is 3.69. The van der Waals surface area contributed by atoms with Crippen LogP contribution in [0.5, 0.6) is 0 Å².